The first-order chi connectivity index (χ1) is 9.16. The van der Waals surface area contributed by atoms with E-state index in [2.05, 4.69) is 15.6 Å². The standard InChI is InChI=1S/C14H12ClN3O/c1-8-4-2-6-10(15)11(8)13-17-12-9(14(19)18-13)5-3-7-16-12/h2-7,13H,1H3,(H,16,17)(H,18,19). The van der Waals surface area contributed by atoms with Crippen molar-refractivity contribution in [1.29, 1.82) is 0 Å². The molecule has 1 atom stereocenters. The number of fused-ring (bicyclic) bond motifs is 1. The molecule has 0 spiro atoms. The fourth-order valence-electron chi connectivity index (χ4n) is 2.24. The number of aryl methyl sites for hydroxylation is 1. The summed E-state index contributed by atoms with van der Waals surface area (Å²) in [7, 11) is 0. The molecule has 2 heterocycles. The van der Waals surface area contributed by atoms with E-state index < -0.39 is 0 Å². The van der Waals surface area contributed by atoms with Crippen molar-refractivity contribution in [2.75, 3.05) is 5.32 Å². The average Bonchev–Trinajstić information content (AvgIpc) is 2.38. The van der Waals surface area contributed by atoms with Crippen molar-refractivity contribution >= 4 is 23.3 Å². The van der Waals surface area contributed by atoms with Crippen LogP contribution >= 0.6 is 11.6 Å². The van der Waals surface area contributed by atoms with Crippen LogP contribution < -0.4 is 10.6 Å². The van der Waals surface area contributed by atoms with Gasteiger partial charge >= 0.3 is 0 Å². The van der Waals surface area contributed by atoms with E-state index >= 15 is 0 Å². The maximum absolute atomic E-state index is 12.1. The average molecular weight is 274 g/mol. The number of anilines is 1. The molecule has 19 heavy (non-hydrogen) atoms. The second kappa shape index (κ2) is 4.55. The van der Waals surface area contributed by atoms with Gasteiger partial charge in [0.05, 0.1) is 5.56 Å². The summed E-state index contributed by atoms with van der Waals surface area (Å²) in [4.78, 5) is 16.2. The zero-order valence-electron chi connectivity index (χ0n) is 10.3. The van der Waals surface area contributed by atoms with Gasteiger partial charge < -0.3 is 10.6 Å². The minimum atomic E-state index is -0.358. The summed E-state index contributed by atoms with van der Waals surface area (Å²) in [5.74, 6) is 0.432. The van der Waals surface area contributed by atoms with Crippen molar-refractivity contribution in [2.24, 2.45) is 0 Å². The second-order valence-corrected chi connectivity index (χ2v) is 4.83. The number of amides is 1. The Morgan fingerprint density at radius 1 is 1.21 bits per heavy atom. The molecule has 1 aliphatic heterocycles. The molecule has 1 aliphatic rings. The van der Waals surface area contributed by atoms with Crippen LogP contribution in [0, 0.1) is 6.92 Å². The Morgan fingerprint density at radius 3 is 2.84 bits per heavy atom. The summed E-state index contributed by atoms with van der Waals surface area (Å²) in [5, 5.41) is 6.72. The molecule has 1 aromatic carbocycles. The van der Waals surface area contributed by atoms with E-state index in [4.69, 9.17) is 11.6 Å². The summed E-state index contributed by atoms with van der Waals surface area (Å²) >= 11 is 6.23. The first kappa shape index (κ1) is 12.0. The summed E-state index contributed by atoms with van der Waals surface area (Å²) in [6, 6.07) is 9.13. The van der Waals surface area contributed by atoms with Gasteiger partial charge in [0.15, 0.2) is 0 Å². The van der Waals surface area contributed by atoms with E-state index in [-0.39, 0.29) is 12.1 Å². The van der Waals surface area contributed by atoms with Gasteiger partial charge in [0.2, 0.25) is 0 Å². The summed E-state index contributed by atoms with van der Waals surface area (Å²) in [6.45, 7) is 1.96. The molecule has 4 nitrogen and oxygen atoms in total. The Hall–Kier alpha value is -2.07. The van der Waals surface area contributed by atoms with E-state index in [1.54, 1.807) is 18.3 Å². The number of nitrogens with zero attached hydrogens (tertiary/aromatic N) is 1. The fraction of sp³-hybridized carbons (Fsp3) is 0.143. The topological polar surface area (TPSA) is 54.0 Å². The number of aromatic nitrogens is 1. The van der Waals surface area contributed by atoms with Crippen LogP contribution in [0.15, 0.2) is 36.5 Å². The zero-order chi connectivity index (χ0) is 13.4. The molecule has 0 bridgehead atoms. The molecular weight excluding hydrogens is 262 g/mol. The van der Waals surface area contributed by atoms with Crippen LogP contribution in [-0.2, 0) is 0 Å². The van der Waals surface area contributed by atoms with Gasteiger partial charge in [-0.3, -0.25) is 4.79 Å². The number of carbonyl (C=O) groups excluding carboxylic acids is 1. The monoisotopic (exact) mass is 273 g/mol. The lowest BCUT2D eigenvalue weighted by molar-refractivity contribution is 0.0935. The summed E-state index contributed by atoms with van der Waals surface area (Å²) < 4.78 is 0. The quantitative estimate of drug-likeness (QED) is 0.840. The van der Waals surface area contributed by atoms with Crippen molar-refractivity contribution in [3.8, 4) is 0 Å². The highest BCUT2D eigenvalue weighted by Crippen LogP contribution is 2.30. The molecule has 1 aromatic heterocycles. The Balaban J connectivity index is 2.04. The minimum absolute atomic E-state index is 0.147. The van der Waals surface area contributed by atoms with Crippen molar-refractivity contribution < 1.29 is 4.79 Å². The Bertz CT molecular complexity index is 637. The molecule has 0 fully saturated rings. The van der Waals surface area contributed by atoms with Gasteiger partial charge in [-0.05, 0) is 30.7 Å². The largest absolute Gasteiger partial charge is 0.346 e. The molecule has 0 aliphatic carbocycles. The van der Waals surface area contributed by atoms with Crippen molar-refractivity contribution in [3.63, 3.8) is 0 Å². The number of benzene rings is 1. The fourth-order valence-corrected chi connectivity index (χ4v) is 2.57. The predicted molar refractivity (Wildman–Crippen MR) is 74.3 cm³/mol. The molecule has 0 saturated carbocycles. The van der Waals surface area contributed by atoms with Gasteiger partial charge in [0.25, 0.3) is 5.91 Å². The summed E-state index contributed by atoms with van der Waals surface area (Å²) in [6.07, 6.45) is 1.30. The number of carbonyl (C=O) groups is 1. The number of nitrogens with one attached hydrogen (secondary N) is 2. The van der Waals surface area contributed by atoms with E-state index in [0.717, 1.165) is 11.1 Å². The van der Waals surface area contributed by atoms with Gasteiger partial charge in [-0.2, -0.15) is 0 Å². The normalized spacial score (nSPS) is 17.4. The third-order valence-electron chi connectivity index (χ3n) is 3.17. The molecule has 5 heteroatoms. The van der Waals surface area contributed by atoms with Gasteiger partial charge in [0, 0.05) is 16.8 Å². The number of halogens is 1. The van der Waals surface area contributed by atoms with Crippen LogP contribution in [0.1, 0.15) is 27.7 Å². The maximum Gasteiger partial charge on any atom is 0.256 e. The van der Waals surface area contributed by atoms with Crippen LogP contribution in [0.25, 0.3) is 0 Å². The lowest BCUT2D eigenvalue weighted by atomic mass is 10.0. The van der Waals surface area contributed by atoms with E-state index in [0.29, 0.717) is 16.4 Å². The van der Waals surface area contributed by atoms with Crippen LogP contribution in [-0.4, -0.2) is 10.9 Å². The number of pyridine rings is 1. The minimum Gasteiger partial charge on any atom is -0.346 e. The van der Waals surface area contributed by atoms with Gasteiger partial charge in [-0.25, -0.2) is 4.98 Å². The SMILES string of the molecule is Cc1cccc(Cl)c1C1NC(=O)c2cccnc2N1. The van der Waals surface area contributed by atoms with Crippen molar-refractivity contribution in [3.05, 3.63) is 58.2 Å². The van der Waals surface area contributed by atoms with E-state index in [1.165, 1.54) is 0 Å². The molecular formula is C14H12ClN3O. The first-order valence-electron chi connectivity index (χ1n) is 5.94. The molecule has 0 radical (unpaired) electrons. The molecule has 0 saturated heterocycles. The Labute approximate surface area is 115 Å². The third kappa shape index (κ3) is 2.04. The van der Waals surface area contributed by atoms with Crippen molar-refractivity contribution in [2.45, 2.75) is 13.1 Å². The number of hydrogen-bond acceptors (Lipinski definition) is 3. The highest BCUT2D eigenvalue weighted by molar-refractivity contribution is 6.31. The predicted octanol–water partition coefficient (Wildman–Crippen LogP) is 2.90. The lowest BCUT2D eigenvalue weighted by Crippen LogP contribution is -2.39. The highest BCUT2D eigenvalue weighted by atomic mass is 35.5. The molecule has 2 aromatic rings. The molecule has 96 valence electrons. The molecule has 1 amide bonds. The van der Waals surface area contributed by atoms with Crippen LogP contribution in [0.4, 0.5) is 5.82 Å². The Kier molecular flexibility index (Phi) is 2.87. The summed E-state index contributed by atoms with van der Waals surface area (Å²) in [5.41, 5.74) is 2.43. The molecule has 3 rings (SSSR count). The highest BCUT2D eigenvalue weighted by Gasteiger charge is 2.27. The lowest BCUT2D eigenvalue weighted by Gasteiger charge is -2.28. The smallest absolute Gasteiger partial charge is 0.256 e. The van der Waals surface area contributed by atoms with Crippen molar-refractivity contribution in [1.82, 2.24) is 10.3 Å². The zero-order valence-corrected chi connectivity index (χ0v) is 11.0. The number of hydrogen-bond donors (Lipinski definition) is 2. The van der Waals surface area contributed by atoms with Gasteiger partial charge in [-0.15, -0.1) is 0 Å². The first-order valence-corrected chi connectivity index (χ1v) is 6.32. The second-order valence-electron chi connectivity index (χ2n) is 4.42. The number of rotatable bonds is 1. The van der Waals surface area contributed by atoms with Crippen LogP contribution in [0.2, 0.25) is 5.02 Å². The maximum atomic E-state index is 12.1. The third-order valence-corrected chi connectivity index (χ3v) is 3.50. The molecule has 2 N–H and O–H groups in total. The van der Waals surface area contributed by atoms with Crippen LogP contribution in [0.5, 0.6) is 0 Å². The van der Waals surface area contributed by atoms with Gasteiger partial charge in [0.1, 0.15) is 12.0 Å². The van der Waals surface area contributed by atoms with Crippen LogP contribution in [0.3, 0.4) is 0 Å². The van der Waals surface area contributed by atoms with E-state index in [9.17, 15) is 4.79 Å². The Morgan fingerprint density at radius 2 is 2.05 bits per heavy atom. The van der Waals surface area contributed by atoms with E-state index in [1.807, 2.05) is 25.1 Å². The van der Waals surface area contributed by atoms with Gasteiger partial charge in [-0.1, -0.05) is 23.7 Å². The molecule has 1 unspecified atom stereocenters.